The van der Waals surface area contributed by atoms with Crippen LogP contribution in [-0.4, -0.2) is 40.5 Å². The molecule has 1 aliphatic heterocycles. The van der Waals surface area contributed by atoms with E-state index in [1.54, 1.807) is 39.0 Å². The average Bonchev–Trinajstić information content (AvgIpc) is 2.71. The lowest BCUT2D eigenvalue weighted by molar-refractivity contribution is -0.130. The smallest absolute Gasteiger partial charge is 0.324 e. The summed E-state index contributed by atoms with van der Waals surface area (Å²) in [6.45, 7) is 4.89. The minimum Gasteiger partial charge on any atom is -0.324 e. The maximum absolute atomic E-state index is 12.0. The molecule has 1 aromatic rings. The Labute approximate surface area is 155 Å². The SMILES string of the molecule is C/C(=N/NC(=O)CCN1C(=O)NC(C)(C)C1=O)c1ccc(Cl)cc1Cl. The molecule has 1 aliphatic rings. The number of nitrogens with zero attached hydrogens (tertiary/aromatic N) is 2. The summed E-state index contributed by atoms with van der Waals surface area (Å²) >= 11 is 11.9. The van der Waals surface area contributed by atoms with Crippen molar-refractivity contribution < 1.29 is 14.4 Å². The molecule has 25 heavy (non-hydrogen) atoms. The molecule has 134 valence electrons. The summed E-state index contributed by atoms with van der Waals surface area (Å²) in [5, 5.41) is 7.46. The highest BCUT2D eigenvalue weighted by atomic mass is 35.5. The number of hydrogen-bond acceptors (Lipinski definition) is 4. The van der Waals surface area contributed by atoms with E-state index in [0.29, 0.717) is 21.3 Å². The molecule has 0 aromatic heterocycles. The van der Waals surface area contributed by atoms with E-state index in [1.807, 2.05) is 0 Å². The molecule has 0 bridgehead atoms. The summed E-state index contributed by atoms with van der Waals surface area (Å²) in [6, 6.07) is 4.45. The third kappa shape index (κ3) is 4.49. The van der Waals surface area contributed by atoms with E-state index in [1.165, 1.54) is 0 Å². The first-order valence-electron chi connectivity index (χ1n) is 7.54. The Morgan fingerprint density at radius 2 is 2.00 bits per heavy atom. The number of urea groups is 1. The molecule has 1 heterocycles. The van der Waals surface area contributed by atoms with Gasteiger partial charge in [0.2, 0.25) is 5.91 Å². The van der Waals surface area contributed by atoms with E-state index < -0.39 is 17.5 Å². The van der Waals surface area contributed by atoms with Crippen LogP contribution in [0, 0.1) is 0 Å². The molecule has 0 aliphatic carbocycles. The molecule has 4 amide bonds. The van der Waals surface area contributed by atoms with Crippen molar-refractivity contribution in [2.24, 2.45) is 5.10 Å². The van der Waals surface area contributed by atoms with Crippen LogP contribution in [0.25, 0.3) is 0 Å². The largest absolute Gasteiger partial charge is 0.325 e. The van der Waals surface area contributed by atoms with Gasteiger partial charge >= 0.3 is 6.03 Å². The van der Waals surface area contributed by atoms with Crippen molar-refractivity contribution in [3.8, 4) is 0 Å². The summed E-state index contributed by atoms with van der Waals surface area (Å²) in [6.07, 6.45) is -0.0552. The van der Waals surface area contributed by atoms with E-state index >= 15 is 0 Å². The van der Waals surface area contributed by atoms with Gasteiger partial charge in [0.15, 0.2) is 0 Å². The Balaban J connectivity index is 1.92. The summed E-state index contributed by atoms with van der Waals surface area (Å²) in [7, 11) is 0. The predicted octanol–water partition coefficient (Wildman–Crippen LogP) is 2.55. The van der Waals surface area contributed by atoms with Gasteiger partial charge in [0.25, 0.3) is 5.91 Å². The van der Waals surface area contributed by atoms with E-state index in [0.717, 1.165) is 4.90 Å². The Morgan fingerprint density at radius 3 is 2.56 bits per heavy atom. The van der Waals surface area contributed by atoms with Gasteiger partial charge in [-0.25, -0.2) is 10.2 Å². The normalized spacial score (nSPS) is 16.8. The van der Waals surface area contributed by atoms with Gasteiger partial charge in [-0.1, -0.05) is 29.3 Å². The lowest BCUT2D eigenvalue weighted by Crippen LogP contribution is -2.40. The van der Waals surface area contributed by atoms with Gasteiger partial charge in [0, 0.05) is 23.6 Å². The van der Waals surface area contributed by atoms with Crippen LogP contribution in [0.4, 0.5) is 4.79 Å². The topological polar surface area (TPSA) is 90.9 Å². The van der Waals surface area contributed by atoms with Gasteiger partial charge in [-0.15, -0.1) is 0 Å². The standard InChI is InChI=1S/C16H18Cl2N4O3/c1-9(11-5-4-10(17)8-12(11)18)20-21-13(23)6-7-22-14(24)16(2,3)19-15(22)25/h4-5,8H,6-7H2,1-3H3,(H,19,25)(H,21,23)/b20-9-. The molecule has 7 nitrogen and oxygen atoms in total. The van der Waals surface area contributed by atoms with Crippen LogP contribution < -0.4 is 10.7 Å². The number of halogens is 2. The number of imide groups is 1. The van der Waals surface area contributed by atoms with E-state index in [2.05, 4.69) is 15.8 Å². The van der Waals surface area contributed by atoms with Gasteiger partial charge in [-0.05, 0) is 32.9 Å². The highest BCUT2D eigenvalue weighted by Gasteiger charge is 2.43. The van der Waals surface area contributed by atoms with E-state index in [9.17, 15) is 14.4 Å². The second kappa shape index (κ2) is 7.41. The Hall–Kier alpha value is -2.12. The number of carbonyl (C=O) groups excluding carboxylic acids is 3. The van der Waals surface area contributed by atoms with E-state index in [-0.39, 0.29) is 18.9 Å². The molecule has 0 radical (unpaired) electrons. The number of nitrogens with one attached hydrogen (secondary N) is 2. The molecular weight excluding hydrogens is 367 g/mol. The lowest BCUT2D eigenvalue weighted by Gasteiger charge is -2.15. The van der Waals surface area contributed by atoms with Crippen LogP contribution in [0.5, 0.6) is 0 Å². The van der Waals surface area contributed by atoms with Gasteiger partial charge < -0.3 is 5.32 Å². The molecule has 9 heteroatoms. The van der Waals surface area contributed by atoms with Crippen LogP contribution in [0.15, 0.2) is 23.3 Å². The first kappa shape index (κ1) is 19.2. The highest BCUT2D eigenvalue weighted by Crippen LogP contribution is 2.21. The minimum atomic E-state index is -0.951. The van der Waals surface area contributed by atoms with Crippen LogP contribution in [-0.2, 0) is 9.59 Å². The zero-order valence-corrected chi connectivity index (χ0v) is 15.5. The molecule has 0 unspecified atom stereocenters. The van der Waals surface area contributed by atoms with Crippen molar-refractivity contribution >= 4 is 46.8 Å². The molecular formula is C16H18Cl2N4O3. The van der Waals surface area contributed by atoms with E-state index in [4.69, 9.17) is 23.2 Å². The third-order valence-corrected chi connectivity index (χ3v) is 4.22. The second-order valence-corrected chi connectivity index (χ2v) is 6.96. The fourth-order valence-corrected chi connectivity index (χ4v) is 2.82. The molecule has 2 rings (SSSR count). The molecule has 0 atom stereocenters. The van der Waals surface area contributed by atoms with Crippen LogP contribution in [0.2, 0.25) is 10.0 Å². The quantitative estimate of drug-likeness (QED) is 0.464. The molecule has 0 saturated carbocycles. The molecule has 1 saturated heterocycles. The van der Waals surface area contributed by atoms with Crippen LogP contribution in [0.1, 0.15) is 32.8 Å². The number of rotatable bonds is 5. The first-order valence-corrected chi connectivity index (χ1v) is 8.30. The minimum absolute atomic E-state index is 0.0177. The average molecular weight is 385 g/mol. The second-order valence-electron chi connectivity index (χ2n) is 6.12. The Morgan fingerprint density at radius 1 is 1.32 bits per heavy atom. The van der Waals surface area contributed by atoms with Crippen molar-refractivity contribution in [2.75, 3.05) is 6.54 Å². The van der Waals surface area contributed by atoms with Gasteiger partial charge in [-0.2, -0.15) is 5.10 Å². The number of hydrazone groups is 1. The van der Waals surface area contributed by atoms with Crippen molar-refractivity contribution in [3.63, 3.8) is 0 Å². The number of amides is 4. The summed E-state index contributed by atoms with van der Waals surface area (Å²) in [4.78, 5) is 36.7. The molecule has 0 spiro atoms. The summed E-state index contributed by atoms with van der Waals surface area (Å²) < 4.78 is 0. The van der Waals surface area contributed by atoms with Crippen molar-refractivity contribution in [3.05, 3.63) is 33.8 Å². The number of carbonyl (C=O) groups is 3. The summed E-state index contributed by atoms with van der Waals surface area (Å²) in [5.74, 6) is -0.785. The maximum atomic E-state index is 12.0. The third-order valence-electron chi connectivity index (χ3n) is 3.68. The van der Waals surface area contributed by atoms with Crippen molar-refractivity contribution in [1.29, 1.82) is 0 Å². The fraction of sp³-hybridized carbons (Fsp3) is 0.375. The Bertz CT molecular complexity index is 762. The zero-order chi connectivity index (χ0) is 18.8. The predicted molar refractivity (Wildman–Crippen MR) is 95.8 cm³/mol. The van der Waals surface area contributed by atoms with Crippen molar-refractivity contribution in [2.45, 2.75) is 32.7 Å². The van der Waals surface area contributed by atoms with Crippen molar-refractivity contribution in [1.82, 2.24) is 15.6 Å². The molecule has 2 N–H and O–H groups in total. The first-order chi connectivity index (χ1) is 11.6. The Kier molecular flexibility index (Phi) is 5.69. The fourth-order valence-electron chi connectivity index (χ4n) is 2.28. The number of benzene rings is 1. The zero-order valence-electron chi connectivity index (χ0n) is 14.0. The van der Waals surface area contributed by atoms with Crippen LogP contribution in [0.3, 0.4) is 0 Å². The maximum Gasteiger partial charge on any atom is 0.325 e. The van der Waals surface area contributed by atoms with Gasteiger partial charge in [0.1, 0.15) is 5.54 Å². The molecule has 1 aromatic carbocycles. The number of hydrogen-bond donors (Lipinski definition) is 2. The van der Waals surface area contributed by atoms with Crippen LogP contribution >= 0.6 is 23.2 Å². The lowest BCUT2D eigenvalue weighted by atomic mass is 10.1. The monoisotopic (exact) mass is 384 g/mol. The van der Waals surface area contributed by atoms with Gasteiger partial charge in [0.05, 0.1) is 10.7 Å². The highest BCUT2D eigenvalue weighted by molar-refractivity contribution is 6.37. The molecule has 1 fully saturated rings. The van der Waals surface area contributed by atoms with Gasteiger partial charge in [-0.3, -0.25) is 14.5 Å². The summed E-state index contributed by atoms with van der Waals surface area (Å²) in [5.41, 5.74) is 2.58.